The van der Waals surface area contributed by atoms with Gasteiger partial charge in [-0.2, -0.15) is 15.0 Å². The Balaban J connectivity index is 1.38. The zero-order chi connectivity index (χ0) is 29.6. The molecule has 1 fully saturated rings. The molecule has 1 aliphatic rings. The highest BCUT2D eigenvalue weighted by Gasteiger charge is 2.20. The van der Waals surface area contributed by atoms with Crippen molar-refractivity contribution in [2.45, 2.75) is 44.4 Å². The predicted octanol–water partition coefficient (Wildman–Crippen LogP) is 2.80. The van der Waals surface area contributed by atoms with Gasteiger partial charge in [-0.15, -0.1) is 0 Å². The van der Waals surface area contributed by atoms with Gasteiger partial charge in [0.25, 0.3) is 5.91 Å². The lowest BCUT2D eigenvalue weighted by atomic mass is 9.93. The highest BCUT2D eigenvalue weighted by Crippen LogP contribution is 2.23. The van der Waals surface area contributed by atoms with Crippen LogP contribution in [-0.2, 0) is 16.0 Å². The lowest BCUT2D eigenvalue weighted by Crippen LogP contribution is -2.29. The maximum atomic E-state index is 13.3. The molecule has 1 aromatic heterocycles. The third-order valence-corrected chi connectivity index (χ3v) is 6.58. The number of nitrogens with one attached hydrogen (secondary N) is 4. The molecule has 0 radical (unpaired) electrons. The number of ether oxygens (including phenoxy) is 2. The number of halogens is 1. The Morgan fingerprint density at radius 2 is 1.64 bits per heavy atom. The number of aromatic nitrogens is 3. The minimum absolute atomic E-state index is 0.128. The number of rotatable bonds is 16. The van der Waals surface area contributed by atoms with Crippen LogP contribution in [0.1, 0.15) is 41.6 Å². The highest BCUT2D eigenvalue weighted by atomic mass is 19.1. The number of nitrogens with zero attached hydrogens (tertiary/aromatic N) is 3. The summed E-state index contributed by atoms with van der Waals surface area (Å²) in [5, 5.41) is 22.4. The molecule has 0 bridgehead atoms. The maximum Gasteiger partial charge on any atom is 0.251 e. The first-order valence-corrected chi connectivity index (χ1v) is 14.2. The van der Waals surface area contributed by atoms with E-state index in [0.717, 1.165) is 18.4 Å². The van der Waals surface area contributed by atoms with Crippen molar-refractivity contribution in [1.29, 1.82) is 0 Å². The number of nitrogens with two attached hydrogens (primary N) is 1. The second-order valence-electron chi connectivity index (χ2n) is 9.91. The molecule has 0 atom stereocenters. The summed E-state index contributed by atoms with van der Waals surface area (Å²) in [5.41, 5.74) is 7.33. The SMILES string of the molecule is NCCOCCOCCNC(=O)c1cccc(Nc2nc(NCc3ccc(F)cc3)nc(NC3CCC(O)CC3)n2)c1. The van der Waals surface area contributed by atoms with Crippen LogP contribution in [0.3, 0.4) is 0 Å². The van der Waals surface area contributed by atoms with Gasteiger partial charge in [-0.1, -0.05) is 18.2 Å². The number of amides is 1. The molecule has 4 rings (SSSR count). The first-order chi connectivity index (χ1) is 20.5. The third-order valence-electron chi connectivity index (χ3n) is 6.58. The minimum Gasteiger partial charge on any atom is -0.393 e. The Labute approximate surface area is 244 Å². The molecule has 7 N–H and O–H groups in total. The molecule has 1 aliphatic carbocycles. The lowest BCUT2D eigenvalue weighted by Gasteiger charge is -2.26. The summed E-state index contributed by atoms with van der Waals surface area (Å²) in [5.74, 6) is 0.465. The van der Waals surface area contributed by atoms with Crippen LogP contribution in [0.15, 0.2) is 48.5 Å². The standard InChI is InChI=1S/C29H39FN8O4/c30-22-6-4-20(5-7-22)19-33-27-36-28(34-23-8-10-25(39)11-9-23)38-29(37-27)35-24-3-1-2-21(18-24)26(40)32-13-15-42-17-16-41-14-12-31/h1-7,18,23,25,39H,8-17,19,31H2,(H,32,40)(H3,33,34,35,36,37,38). The van der Waals surface area contributed by atoms with Crippen LogP contribution in [0.4, 0.5) is 27.9 Å². The smallest absolute Gasteiger partial charge is 0.251 e. The van der Waals surface area contributed by atoms with Crippen molar-refractivity contribution in [3.63, 3.8) is 0 Å². The second kappa shape index (κ2) is 16.5. The lowest BCUT2D eigenvalue weighted by molar-refractivity contribution is 0.0511. The van der Waals surface area contributed by atoms with E-state index in [2.05, 4.69) is 36.2 Å². The Bertz CT molecular complexity index is 1260. The molecule has 0 unspecified atom stereocenters. The van der Waals surface area contributed by atoms with E-state index in [9.17, 15) is 14.3 Å². The van der Waals surface area contributed by atoms with Gasteiger partial charge in [0.05, 0.1) is 32.5 Å². The molecule has 3 aromatic rings. The van der Waals surface area contributed by atoms with E-state index in [4.69, 9.17) is 15.2 Å². The van der Waals surface area contributed by atoms with Crippen molar-refractivity contribution in [3.05, 3.63) is 65.5 Å². The number of carbonyl (C=O) groups is 1. The van der Waals surface area contributed by atoms with Gasteiger partial charge in [-0.05, 0) is 61.6 Å². The van der Waals surface area contributed by atoms with E-state index >= 15 is 0 Å². The van der Waals surface area contributed by atoms with Crippen LogP contribution < -0.4 is 27.0 Å². The summed E-state index contributed by atoms with van der Waals surface area (Å²) < 4.78 is 24.0. The minimum atomic E-state index is -0.303. The monoisotopic (exact) mass is 582 g/mol. The first-order valence-electron chi connectivity index (χ1n) is 14.2. The molecule has 12 nitrogen and oxygen atoms in total. The molecule has 1 amide bonds. The molecular weight excluding hydrogens is 543 g/mol. The van der Waals surface area contributed by atoms with Crippen LogP contribution in [0.2, 0.25) is 0 Å². The predicted molar refractivity (Wildman–Crippen MR) is 158 cm³/mol. The van der Waals surface area contributed by atoms with Crippen molar-refractivity contribution in [1.82, 2.24) is 20.3 Å². The van der Waals surface area contributed by atoms with Crippen molar-refractivity contribution in [2.24, 2.45) is 5.73 Å². The Kier molecular flexibility index (Phi) is 12.2. The van der Waals surface area contributed by atoms with Crippen LogP contribution in [-0.4, -0.2) is 77.6 Å². The summed E-state index contributed by atoms with van der Waals surface area (Å²) in [6.07, 6.45) is 2.77. The fourth-order valence-corrected chi connectivity index (χ4v) is 4.37. The molecule has 0 saturated heterocycles. The molecular formula is C29H39FN8O4. The third kappa shape index (κ3) is 10.5. The van der Waals surface area contributed by atoms with Gasteiger partial charge in [0.15, 0.2) is 0 Å². The van der Waals surface area contributed by atoms with Gasteiger partial charge in [-0.3, -0.25) is 4.79 Å². The number of aliphatic hydroxyl groups excluding tert-OH is 1. The molecule has 1 saturated carbocycles. The van der Waals surface area contributed by atoms with Crippen molar-refractivity contribution in [3.8, 4) is 0 Å². The molecule has 226 valence electrons. The average Bonchev–Trinajstić information content (AvgIpc) is 2.99. The van der Waals surface area contributed by atoms with Crippen molar-refractivity contribution in [2.75, 3.05) is 55.5 Å². The fraction of sp³-hybridized carbons (Fsp3) is 0.448. The molecule has 42 heavy (non-hydrogen) atoms. The molecule has 0 aliphatic heterocycles. The van der Waals surface area contributed by atoms with E-state index in [-0.39, 0.29) is 29.8 Å². The van der Waals surface area contributed by atoms with Crippen LogP contribution >= 0.6 is 0 Å². The number of benzene rings is 2. The summed E-state index contributed by atoms with van der Waals surface area (Å²) >= 11 is 0. The van der Waals surface area contributed by atoms with Crippen molar-refractivity contribution < 1.29 is 23.8 Å². The Morgan fingerprint density at radius 3 is 2.40 bits per heavy atom. The zero-order valence-electron chi connectivity index (χ0n) is 23.5. The number of hydrogen-bond donors (Lipinski definition) is 6. The molecule has 13 heteroatoms. The highest BCUT2D eigenvalue weighted by molar-refractivity contribution is 5.95. The number of carbonyl (C=O) groups excluding carboxylic acids is 1. The Hall–Kier alpha value is -3.91. The largest absolute Gasteiger partial charge is 0.393 e. The molecule has 2 aromatic carbocycles. The van der Waals surface area contributed by atoms with Gasteiger partial charge < -0.3 is 41.6 Å². The van der Waals surface area contributed by atoms with Crippen LogP contribution in [0.5, 0.6) is 0 Å². The van der Waals surface area contributed by atoms with Crippen LogP contribution in [0, 0.1) is 5.82 Å². The molecule has 0 spiro atoms. The Morgan fingerprint density at radius 1 is 0.929 bits per heavy atom. The van der Waals surface area contributed by atoms with Crippen LogP contribution in [0.25, 0.3) is 0 Å². The van der Waals surface area contributed by atoms with Gasteiger partial charge in [-0.25, -0.2) is 4.39 Å². The summed E-state index contributed by atoms with van der Waals surface area (Å²) in [4.78, 5) is 26.3. The van der Waals surface area contributed by atoms with E-state index in [1.807, 2.05) is 6.07 Å². The van der Waals surface area contributed by atoms with Crippen molar-refractivity contribution >= 4 is 29.4 Å². The van der Waals surface area contributed by atoms with Gasteiger partial charge >= 0.3 is 0 Å². The topological polar surface area (TPSA) is 169 Å². The average molecular weight is 583 g/mol. The number of aliphatic hydroxyl groups is 1. The van der Waals surface area contributed by atoms with Gasteiger partial charge in [0.1, 0.15) is 5.82 Å². The normalized spacial score (nSPS) is 16.5. The quantitative estimate of drug-likeness (QED) is 0.137. The summed E-state index contributed by atoms with van der Waals surface area (Å²) in [6.45, 7) is 2.96. The number of hydrogen-bond acceptors (Lipinski definition) is 11. The maximum absolute atomic E-state index is 13.3. The summed E-state index contributed by atoms with van der Waals surface area (Å²) in [6, 6.07) is 13.3. The first kappa shape index (κ1) is 31.0. The van der Waals surface area contributed by atoms with E-state index < -0.39 is 0 Å². The second-order valence-corrected chi connectivity index (χ2v) is 9.91. The zero-order valence-corrected chi connectivity index (χ0v) is 23.5. The number of anilines is 4. The van der Waals surface area contributed by atoms with Gasteiger partial charge in [0.2, 0.25) is 17.8 Å². The van der Waals surface area contributed by atoms with E-state index in [1.54, 1.807) is 30.3 Å². The molecule has 1 heterocycles. The van der Waals surface area contributed by atoms with E-state index in [0.29, 0.717) is 82.1 Å². The summed E-state index contributed by atoms with van der Waals surface area (Å²) in [7, 11) is 0. The van der Waals surface area contributed by atoms with E-state index in [1.165, 1.54) is 12.1 Å². The fourth-order valence-electron chi connectivity index (χ4n) is 4.37. The van der Waals surface area contributed by atoms with Gasteiger partial charge in [0, 0.05) is 36.9 Å².